The van der Waals surface area contributed by atoms with Crippen LogP contribution in [0.5, 0.6) is 0 Å². The van der Waals surface area contributed by atoms with Crippen molar-refractivity contribution < 1.29 is 0 Å². The Labute approximate surface area is 121 Å². The van der Waals surface area contributed by atoms with Crippen LogP contribution < -0.4 is 11.3 Å². The molecule has 0 amide bonds. The van der Waals surface area contributed by atoms with Crippen molar-refractivity contribution in [3.8, 4) is 0 Å². The second-order valence-electron chi connectivity index (χ2n) is 5.95. The van der Waals surface area contributed by atoms with E-state index in [4.69, 9.17) is 5.84 Å². The Bertz CT molecular complexity index is 430. The number of nitrogens with one attached hydrogen (secondary N) is 1. The third-order valence-corrected chi connectivity index (χ3v) is 4.52. The molecule has 1 aromatic rings. The van der Waals surface area contributed by atoms with Crippen LogP contribution in [0.1, 0.15) is 31.4 Å². The van der Waals surface area contributed by atoms with Gasteiger partial charge in [0.25, 0.3) is 0 Å². The lowest BCUT2D eigenvalue weighted by atomic mass is 10.1. The van der Waals surface area contributed by atoms with Crippen molar-refractivity contribution in [1.29, 1.82) is 0 Å². The second kappa shape index (κ2) is 6.52. The fraction of sp³-hybridized carbons (Fsp3) is 0.667. The Morgan fingerprint density at radius 2 is 2.10 bits per heavy atom. The number of rotatable bonds is 4. The molecule has 3 rings (SSSR count). The fourth-order valence-corrected chi connectivity index (χ4v) is 3.42. The van der Waals surface area contributed by atoms with Crippen LogP contribution in [0.3, 0.4) is 0 Å². The maximum atomic E-state index is 5.45. The SMILES string of the molecule is NNc1ccnc(CN2CCC(N3CCCCC3)C2)c1. The zero-order valence-electron chi connectivity index (χ0n) is 12.1. The number of pyridine rings is 1. The zero-order valence-corrected chi connectivity index (χ0v) is 12.1. The quantitative estimate of drug-likeness (QED) is 0.643. The van der Waals surface area contributed by atoms with Crippen LogP contribution in [-0.2, 0) is 6.54 Å². The first-order chi connectivity index (χ1) is 9.85. The molecule has 0 spiro atoms. The van der Waals surface area contributed by atoms with Gasteiger partial charge in [-0.2, -0.15) is 0 Å². The van der Waals surface area contributed by atoms with Gasteiger partial charge in [-0.05, 0) is 44.5 Å². The van der Waals surface area contributed by atoms with E-state index in [0.717, 1.165) is 24.0 Å². The van der Waals surface area contributed by atoms with Crippen LogP contribution in [0.2, 0.25) is 0 Å². The number of nitrogen functional groups attached to an aromatic ring is 1. The average molecular weight is 275 g/mol. The number of aromatic nitrogens is 1. The first-order valence-electron chi connectivity index (χ1n) is 7.73. The summed E-state index contributed by atoms with van der Waals surface area (Å²) in [6.45, 7) is 5.89. The van der Waals surface area contributed by atoms with Gasteiger partial charge in [-0.25, -0.2) is 0 Å². The highest BCUT2D eigenvalue weighted by atomic mass is 15.3. The largest absolute Gasteiger partial charge is 0.324 e. The molecule has 0 radical (unpaired) electrons. The van der Waals surface area contributed by atoms with Gasteiger partial charge >= 0.3 is 0 Å². The van der Waals surface area contributed by atoms with Gasteiger partial charge in [0.2, 0.25) is 0 Å². The number of nitrogens with two attached hydrogens (primary N) is 1. The number of hydrogen-bond acceptors (Lipinski definition) is 5. The number of hydrogen-bond donors (Lipinski definition) is 2. The third kappa shape index (κ3) is 3.29. The maximum Gasteiger partial charge on any atom is 0.0564 e. The van der Waals surface area contributed by atoms with Gasteiger partial charge in [0.05, 0.1) is 11.4 Å². The van der Waals surface area contributed by atoms with Crippen molar-refractivity contribution in [3.05, 3.63) is 24.0 Å². The van der Waals surface area contributed by atoms with E-state index in [1.165, 1.54) is 51.9 Å². The highest BCUT2D eigenvalue weighted by Crippen LogP contribution is 2.21. The normalized spacial score (nSPS) is 24.9. The molecule has 2 aliphatic rings. The lowest BCUT2D eigenvalue weighted by molar-refractivity contribution is 0.161. The van der Waals surface area contributed by atoms with E-state index in [1.807, 2.05) is 18.3 Å². The number of nitrogens with zero attached hydrogens (tertiary/aromatic N) is 3. The molecule has 3 N–H and O–H groups in total. The maximum absolute atomic E-state index is 5.45. The highest BCUT2D eigenvalue weighted by molar-refractivity contribution is 5.41. The fourth-order valence-electron chi connectivity index (χ4n) is 3.42. The summed E-state index contributed by atoms with van der Waals surface area (Å²) in [5.74, 6) is 5.45. The first kappa shape index (κ1) is 13.8. The molecular formula is C15H25N5. The lowest BCUT2D eigenvalue weighted by Crippen LogP contribution is -2.40. The minimum atomic E-state index is 0.756. The van der Waals surface area contributed by atoms with Crippen LogP contribution in [0.4, 0.5) is 5.69 Å². The Kier molecular flexibility index (Phi) is 4.50. The molecule has 0 aromatic carbocycles. The van der Waals surface area contributed by atoms with E-state index in [0.29, 0.717) is 0 Å². The molecule has 1 unspecified atom stereocenters. The monoisotopic (exact) mass is 275 g/mol. The molecule has 0 aliphatic carbocycles. The van der Waals surface area contributed by atoms with Crippen molar-refractivity contribution in [1.82, 2.24) is 14.8 Å². The topological polar surface area (TPSA) is 57.4 Å². The summed E-state index contributed by atoms with van der Waals surface area (Å²) in [6.07, 6.45) is 7.29. The van der Waals surface area contributed by atoms with E-state index in [9.17, 15) is 0 Å². The summed E-state index contributed by atoms with van der Waals surface area (Å²) in [5.41, 5.74) is 4.72. The average Bonchev–Trinajstić information content (AvgIpc) is 2.97. The summed E-state index contributed by atoms with van der Waals surface area (Å²) in [7, 11) is 0. The van der Waals surface area contributed by atoms with E-state index < -0.39 is 0 Å². The smallest absolute Gasteiger partial charge is 0.0564 e. The zero-order chi connectivity index (χ0) is 13.8. The van der Waals surface area contributed by atoms with Gasteiger partial charge in [-0.3, -0.25) is 20.6 Å². The lowest BCUT2D eigenvalue weighted by Gasteiger charge is -2.32. The van der Waals surface area contributed by atoms with Gasteiger partial charge in [0.1, 0.15) is 0 Å². The summed E-state index contributed by atoms with van der Waals surface area (Å²) in [6, 6.07) is 4.68. The van der Waals surface area contributed by atoms with Gasteiger partial charge in [0, 0.05) is 31.9 Å². The first-order valence-corrected chi connectivity index (χ1v) is 7.73. The van der Waals surface area contributed by atoms with Crippen molar-refractivity contribution in [3.63, 3.8) is 0 Å². The molecule has 0 bridgehead atoms. The van der Waals surface area contributed by atoms with Crippen LogP contribution in [0, 0.1) is 0 Å². The van der Waals surface area contributed by atoms with Gasteiger partial charge < -0.3 is 5.43 Å². The van der Waals surface area contributed by atoms with Gasteiger partial charge in [-0.1, -0.05) is 6.42 Å². The summed E-state index contributed by atoms with van der Waals surface area (Å²) >= 11 is 0. The van der Waals surface area contributed by atoms with E-state index in [-0.39, 0.29) is 0 Å². The van der Waals surface area contributed by atoms with Gasteiger partial charge in [0.15, 0.2) is 0 Å². The molecule has 5 heteroatoms. The van der Waals surface area contributed by atoms with Crippen molar-refractivity contribution in [2.45, 2.75) is 38.3 Å². The van der Waals surface area contributed by atoms with Gasteiger partial charge in [-0.15, -0.1) is 0 Å². The molecule has 5 nitrogen and oxygen atoms in total. The predicted octanol–water partition coefficient (Wildman–Crippen LogP) is 1.43. The summed E-state index contributed by atoms with van der Waals surface area (Å²) < 4.78 is 0. The van der Waals surface area contributed by atoms with Crippen molar-refractivity contribution in [2.75, 3.05) is 31.6 Å². The molecule has 1 aromatic heterocycles. The molecule has 110 valence electrons. The molecule has 20 heavy (non-hydrogen) atoms. The molecule has 2 aliphatic heterocycles. The van der Waals surface area contributed by atoms with Crippen LogP contribution >= 0.6 is 0 Å². The predicted molar refractivity (Wildman–Crippen MR) is 81.2 cm³/mol. The molecule has 1 atom stereocenters. The summed E-state index contributed by atoms with van der Waals surface area (Å²) in [5, 5.41) is 0. The number of piperidine rings is 1. The standard InChI is InChI=1S/C15H25N5/c16-18-13-4-6-17-14(10-13)11-19-9-5-15(12-19)20-7-2-1-3-8-20/h4,6,10,15H,1-3,5,7-9,11-12,16H2,(H,17,18). The van der Waals surface area contributed by atoms with E-state index >= 15 is 0 Å². The summed E-state index contributed by atoms with van der Waals surface area (Å²) in [4.78, 5) is 9.64. The van der Waals surface area contributed by atoms with Crippen molar-refractivity contribution >= 4 is 5.69 Å². The molecular weight excluding hydrogens is 250 g/mol. The minimum absolute atomic E-state index is 0.756. The van der Waals surface area contributed by atoms with Crippen LogP contribution in [0.25, 0.3) is 0 Å². The van der Waals surface area contributed by atoms with E-state index in [1.54, 1.807) is 0 Å². The molecule has 2 fully saturated rings. The highest BCUT2D eigenvalue weighted by Gasteiger charge is 2.28. The minimum Gasteiger partial charge on any atom is -0.324 e. The Morgan fingerprint density at radius 3 is 2.90 bits per heavy atom. The van der Waals surface area contributed by atoms with Crippen LogP contribution in [-0.4, -0.2) is 47.0 Å². The Morgan fingerprint density at radius 1 is 1.25 bits per heavy atom. The van der Waals surface area contributed by atoms with Crippen molar-refractivity contribution in [2.24, 2.45) is 5.84 Å². The Balaban J connectivity index is 1.54. The number of likely N-dealkylation sites (tertiary alicyclic amines) is 2. The second-order valence-corrected chi connectivity index (χ2v) is 5.95. The van der Waals surface area contributed by atoms with E-state index in [2.05, 4.69) is 20.2 Å². The number of anilines is 1. The third-order valence-electron chi connectivity index (χ3n) is 4.52. The van der Waals surface area contributed by atoms with Crippen LogP contribution in [0.15, 0.2) is 18.3 Å². The number of hydrazine groups is 1. The molecule has 3 heterocycles. The Hall–Kier alpha value is -1.17. The molecule has 2 saturated heterocycles. The molecule has 0 saturated carbocycles.